The third kappa shape index (κ3) is 2.15. The molecule has 0 spiro atoms. The van der Waals surface area contributed by atoms with Gasteiger partial charge in [0.25, 0.3) is 0 Å². The molecule has 0 fully saturated rings. The molecule has 0 aliphatic carbocycles. The van der Waals surface area contributed by atoms with Gasteiger partial charge in [-0.2, -0.15) is 0 Å². The van der Waals surface area contributed by atoms with Crippen molar-refractivity contribution in [2.75, 3.05) is 25.2 Å². The van der Waals surface area contributed by atoms with Gasteiger partial charge in [0.05, 0.1) is 7.11 Å². The van der Waals surface area contributed by atoms with E-state index in [9.17, 15) is 13.6 Å². The Kier molecular flexibility index (Phi) is 3.55. The zero-order chi connectivity index (χ0) is 14.9. The number of nitrogens with zero attached hydrogens (tertiary/aromatic N) is 2. The van der Waals surface area contributed by atoms with E-state index in [1.807, 2.05) is 0 Å². The summed E-state index contributed by atoms with van der Waals surface area (Å²) < 4.78 is 32.3. The van der Waals surface area contributed by atoms with E-state index in [0.717, 1.165) is 10.7 Å². The summed E-state index contributed by atoms with van der Waals surface area (Å²) in [7, 11) is 2.72. The third-order valence-corrected chi connectivity index (χ3v) is 2.69. The van der Waals surface area contributed by atoms with Crippen molar-refractivity contribution in [1.82, 2.24) is 9.78 Å². The fourth-order valence-corrected chi connectivity index (χ4v) is 1.75. The summed E-state index contributed by atoms with van der Waals surface area (Å²) in [6.07, 6.45) is 0. The fraction of sp³-hybridized carbons (Fsp3) is 0.167. The SMILES string of the molecule is CNc1nn(-c2ccc(F)cc2F)c(N)c1C(=O)OC. The highest BCUT2D eigenvalue weighted by molar-refractivity contribution is 5.99. The Labute approximate surface area is 113 Å². The highest BCUT2D eigenvalue weighted by atomic mass is 19.1. The number of hydrogen-bond donors (Lipinski definition) is 2. The summed E-state index contributed by atoms with van der Waals surface area (Å²) in [4.78, 5) is 11.6. The Morgan fingerprint density at radius 3 is 2.70 bits per heavy atom. The van der Waals surface area contributed by atoms with Crippen LogP contribution in [-0.4, -0.2) is 29.9 Å². The van der Waals surface area contributed by atoms with Gasteiger partial charge in [0.1, 0.15) is 22.9 Å². The Hall–Kier alpha value is -2.64. The molecular weight excluding hydrogens is 270 g/mol. The number of esters is 1. The second kappa shape index (κ2) is 5.16. The molecule has 20 heavy (non-hydrogen) atoms. The van der Waals surface area contributed by atoms with Crippen molar-refractivity contribution in [2.24, 2.45) is 0 Å². The molecule has 0 atom stereocenters. The number of methoxy groups -OCH3 is 1. The first-order valence-electron chi connectivity index (χ1n) is 5.59. The average Bonchev–Trinajstić information content (AvgIpc) is 2.75. The number of nitrogen functional groups attached to an aromatic ring is 1. The van der Waals surface area contributed by atoms with Crippen LogP contribution >= 0.6 is 0 Å². The largest absolute Gasteiger partial charge is 0.465 e. The molecule has 2 aromatic rings. The molecule has 106 valence electrons. The van der Waals surface area contributed by atoms with Crippen LogP contribution in [0.5, 0.6) is 0 Å². The molecule has 3 N–H and O–H groups in total. The summed E-state index contributed by atoms with van der Waals surface area (Å²) in [6, 6.07) is 2.94. The van der Waals surface area contributed by atoms with Gasteiger partial charge in [0, 0.05) is 13.1 Å². The molecule has 0 aliphatic heterocycles. The minimum Gasteiger partial charge on any atom is -0.465 e. The van der Waals surface area contributed by atoms with Crippen LogP contribution in [0.15, 0.2) is 18.2 Å². The normalized spacial score (nSPS) is 10.4. The van der Waals surface area contributed by atoms with Crippen LogP contribution in [0.25, 0.3) is 5.69 Å². The standard InChI is InChI=1S/C12H12F2N4O2/c1-16-11-9(12(19)20-2)10(15)18(17-11)8-4-3-6(13)5-7(8)14/h3-5H,15H2,1-2H3,(H,16,17). The number of carbonyl (C=O) groups is 1. The van der Waals surface area contributed by atoms with Crippen molar-refractivity contribution in [3.05, 3.63) is 35.4 Å². The van der Waals surface area contributed by atoms with Crippen LogP contribution in [0.3, 0.4) is 0 Å². The Morgan fingerprint density at radius 1 is 1.45 bits per heavy atom. The predicted octanol–water partition coefficient (Wildman–Crippen LogP) is 1.56. The number of nitrogens with two attached hydrogens (primary N) is 1. The number of carbonyl (C=O) groups excluding carboxylic acids is 1. The number of hydrogen-bond acceptors (Lipinski definition) is 5. The van der Waals surface area contributed by atoms with Crippen LogP contribution < -0.4 is 11.1 Å². The van der Waals surface area contributed by atoms with E-state index >= 15 is 0 Å². The number of benzene rings is 1. The molecule has 0 radical (unpaired) electrons. The molecule has 6 nitrogen and oxygen atoms in total. The summed E-state index contributed by atoms with van der Waals surface area (Å²) in [5.74, 6) is -2.25. The van der Waals surface area contributed by atoms with Crippen molar-refractivity contribution in [2.45, 2.75) is 0 Å². The first-order chi connectivity index (χ1) is 9.49. The lowest BCUT2D eigenvalue weighted by atomic mass is 10.2. The van der Waals surface area contributed by atoms with Crippen LogP contribution in [0, 0.1) is 11.6 Å². The molecule has 1 heterocycles. The van der Waals surface area contributed by atoms with Gasteiger partial charge in [-0.3, -0.25) is 0 Å². The zero-order valence-corrected chi connectivity index (χ0v) is 10.8. The number of rotatable bonds is 3. The molecule has 1 aromatic carbocycles. The van der Waals surface area contributed by atoms with E-state index in [-0.39, 0.29) is 22.9 Å². The van der Waals surface area contributed by atoms with E-state index < -0.39 is 17.6 Å². The quantitative estimate of drug-likeness (QED) is 0.835. The lowest BCUT2D eigenvalue weighted by Gasteiger charge is -2.05. The molecule has 0 aliphatic rings. The van der Waals surface area contributed by atoms with Gasteiger partial charge < -0.3 is 15.8 Å². The number of halogens is 2. The van der Waals surface area contributed by atoms with Gasteiger partial charge in [-0.15, -0.1) is 5.10 Å². The van der Waals surface area contributed by atoms with Crippen LogP contribution in [-0.2, 0) is 4.74 Å². The lowest BCUT2D eigenvalue weighted by molar-refractivity contribution is 0.0603. The number of ether oxygens (including phenoxy) is 1. The predicted molar refractivity (Wildman–Crippen MR) is 68.8 cm³/mol. The monoisotopic (exact) mass is 282 g/mol. The van der Waals surface area contributed by atoms with Gasteiger partial charge in [-0.25, -0.2) is 18.3 Å². The highest BCUT2D eigenvalue weighted by Gasteiger charge is 2.24. The van der Waals surface area contributed by atoms with Crippen LogP contribution in [0.2, 0.25) is 0 Å². The molecule has 0 saturated carbocycles. The van der Waals surface area contributed by atoms with E-state index in [0.29, 0.717) is 6.07 Å². The molecular formula is C12H12F2N4O2. The minimum absolute atomic E-state index is 0.0151. The van der Waals surface area contributed by atoms with Gasteiger partial charge in [-0.05, 0) is 12.1 Å². The lowest BCUT2D eigenvalue weighted by Crippen LogP contribution is -2.09. The maximum absolute atomic E-state index is 13.8. The molecule has 0 saturated heterocycles. The van der Waals surface area contributed by atoms with Crippen LogP contribution in [0.4, 0.5) is 20.4 Å². The van der Waals surface area contributed by atoms with E-state index in [1.54, 1.807) is 0 Å². The maximum atomic E-state index is 13.8. The van der Waals surface area contributed by atoms with Crippen molar-refractivity contribution in [3.8, 4) is 5.69 Å². The maximum Gasteiger partial charge on any atom is 0.345 e. The zero-order valence-electron chi connectivity index (χ0n) is 10.8. The van der Waals surface area contributed by atoms with E-state index in [4.69, 9.17) is 5.73 Å². The first-order valence-corrected chi connectivity index (χ1v) is 5.59. The second-order valence-corrected chi connectivity index (χ2v) is 3.86. The van der Waals surface area contributed by atoms with E-state index in [2.05, 4.69) is 15.2 Å². The Bertz CT molecular complexity index is 670. The van der Waals surface area contributed by atoms with Crippen molar-refractivity contribution in [1.29, 1.82) is 0 Å². The average molecular weight is 282 g/mol. The summed E-state index contributed by atoms with van der Waals surface area (Å²) in [5, 5.41) is 6.64. The van der Waals surface area contributed by atoms with Gasteiger partial charge >= 0.3 is 5.97 Å². The number of anilines is 2. The molecule has 8 heteroatoms. The van der Waals surface area contributed by atoms with E-state index in [1.165, 1.54) is 20.2 Å². The minimum atomic E-state index is -0.849. The summed E-state index contributed by atoms with van der Waals surface area (Å²) in [5.41, 5.74) is 5.71. The second-order valence-electron chi connectivity index (χ2n) is 3.86. The molecule has 0 amide bonds. The topological polar surface area (TPSA) is 82.2 Å². The van der Waals surface area contributed by atoms with Crippen LogP contribution in [0.1, 0.15) is 10.4 Å². The van der Waals surface area contributed by atoms with Crippen molar-refractivity contribution >= 4 is 17.6 Å². The number of aromatic nitrogens is 2. The first kappa shape index (κ1) is 13.8. The van der Waals surface area contributed by atoms with Crippen molar-refractivity contribution in [3.63, 3.8) is 0 Å². The highest BCUT2D eigenvalue weighted by Crippen LogP contribution is 2.26. The molecule has 0 unspecified atom stereocenters. The van der Waals surface area contributed by atoms with Gasteiger partial charge in [0.15, 0.2) is 11.6 Å². The smallest absolute Gasteiger partial charge is 0.345 e. The van der Waals surface area contributed by atoms with Gasteiger partial charge in [0.2, 0.25) is 0 Å². The fourth-order valence-electron chi connectivity index (χ4n) is 1.75. The summed E-state index contributed by atoms with van der Waals surface area (Å²) in [6.45, 7) is 0. The molecule has 2 rings (SSSR count). The molecule has 0 bridgehead atoms. The van der Waals surface area contributed by atoms with Crippen molar-refractivity contribution < 1.29 is 18.3 Å². The Balaban J connectivity index is 2.64. The van der Waals surface area contributed by atoms with Gasteiger partial charge in [-0.1, -0.05) is 0 Å². The third-order valence-electron chi connectivity index (χ3n) is 2.69. The Morgan fingerprint density at radius 2 is 2.15 bits per heavy atom. The summed E-state index contributed by atoms with van der Waals surface area (Å²) >= 11 is 0. The molecule has 1 aromatic heterocycles. The number of nitrogens with one attached hydrogen (secondary N) is 1.